The topological polar surface area (TPSA) is 12.0 Å². The van der Waals surface area contributed by atoms with Gasteiger partial charge in [0.25, 0.3) is 0 Å². The van der Waals surface area contributed by atoms with Crippen LogP contribution in [0.1, 0.15) is 56.9 Å². The first-order valence-corrected chi connectivity index (χ1v) is 8.48. The lowest BCUT2D eigenvalue weighted by molar-refractivity contribution is 0.263. The first kappa shape index (κ1) is 12.6. The van der Waals surface area contributed by atoms with Gasteiger partial charge in [-0.05, 0) is 54.7 Å². The van der Waals surface area contributed by atoms with Gasteiger partial charge in [0, 0.05) is 12.1 Å². The van der Waals surface area contributed by atoms with Gasteiger partial charge in [-0.1, -0.05) is 49.6 Å². The zero-order valence-electron chi connectivity index (χ0n) is 12.3. The lowest BCUT2D eigenvalue weighted by atomic mass is 9.69. The van der Waals surface area contributed by atoms with E-state index in [1.165, 1.54) is 56.9 Å². The van der Waals surface area contributed by atoms with Crippen LogP contribution in [0.5, 0.6) is 0 Å². The summed E-state index contributed by atoms with van der Waals surface area (Å²) in [4.78, 5) is 0. The van der Waals surface area contributed by atoms with E-state index in [1.807, 2.05) is 0 Å². The number of hydrogen-bond donors (Lipinski definition) is 1. The van der Waals surface area contributed by atoms with E-state index in [4.69, 9.17) is 0 Å². The predicted octanol–water partition coefficient (Wildman–Crippen LogP) is 4.54. The summed E-state index contributed by atoms with van der Waals surface area (Å²) >= 11 is 0. The molecule has 0 radical (unpaired) electrons. The first-order chi connectivity index (χ1) is 9.93. The second kappa shape index (κ2) is 5.37. The molecule has 0 bridgehead atoms. The molecular formula is C19H25N. The van der Waals surface area contributed by atoms with E-state index in [1.54, 1.807) is 11.1 Å². The van der Waals surface area contributed by atoms with Crippen LogP contribution in [0.15, 0.2) is 35.9 Å². The fraction of sp³-hybridized carbons (Fsp3) is 0.579. The molecule has 0 saturated heterocycles. The van der Waals surface area contributed by atoms with Gasteiger partial charge in [0.05, 0.1) is 0 Å². The Hall–Kier alpha value is -1.08. The maximum absolute atomic E-state index is 4.00. The lowest BCUT2D eigenvalue weighted by Gasteiger charge is -2.45. The van der Waals surface area contributed by atoms with Gasteiger partial charge in [-0.25, -0.2) is 0 Å². The van der Waals surface area contributed by atoms with E-state index in [0.717, 1.165) is 12.0 Å². The molecule has 1 aliphatic heterocycles. The Balaban J connectivity index is 1.81. The molecule has 1 heterocycles. The van der Waals surface area contributed by atoms with Crippen molar-refractivity contribution < 1.29 is 0 Å². The number of rotatable bonds is 1. The molecule has 1 aromatic rings. The highest BCUT2D eigenvalue weighted by atomic mass is 15.0. The Bertz CT molecular complexity index is 502. The third-order valence-corrected chi connectivity index (χ3v) is 5.59. The average molecular weight is 267 g/mol. The van der Waals surface area contributed by atoms with Gasteiger partial charge in [-0.2, -0.15) is 0 Å². The molecule has 2 aliphatic carbocycles. The van der Waals surface area contributed by atoms with Crippen molar-refractivity contribution in [1.82, 2.24) is 5.32 Å². The normalized spacial score (nSPS) is 33.5. The van der Waals surface area contributed by atoms with Crippen molar-refractivity contribution in [2.75, 3.05) is 0 Å². The van der Waals surface area contributed by atoms with E-state index < -0.39 is 0 Å². The molecule has 4 rings (SSSR count). The fourth-order valence-electron chi connectivity index (χ4n) is 4.71. The Kier molecular flexibility index (Phi) is 3.39. The summed E-state index contributed by atoms with van der Waals surface area (Å²) < 4.78 is 0. The van der Waals surface area contributed by atoms with Crippen LogP contribution in [-0.4, -0.2) is 12.1 Å². The standard InChI is InChI=1S/C19H25N/c1-2-8-14(9-3-1)19-15-10-4-6-12-17(15)20-18-13-7-5-11-16(18)19/h1-3,8-9,15,17-18,20H,4-7,10-13H2. The fourth-order valence-corrected chi connectivity index (χ4v) is 4.71. The molecule has 1 aromatic carbocycles. The molecule has 3 unspecified atom stereocenters. The smallest absolute Gasteiger partial charge is 0.0288 e. The van der Waals surface area contributed by atoms with Crippen LogP contribution >= 0.6 is 0 Å². The summed E-state index contributed by atoms with van der Waals surface area (Å²) in [5, 5.41) is 4.00. The molecule has 1 N–H and O–H groups in total. The maximum atomic E-state index is 4.00. The zero-order chi connectivity index (χ0) is 13.4. The van der Waals surface area contributed by atoms with Crippen molar-refractivity contribution in [2.24, 2.45) is 5.92 Å². The second-order valence-electron chi connectivity index (χ2n) is 6.77. The Morgan fingerprint density at radius 1 is 0.850 bits per heavy atom. The second-order valence-corrected chi connectivity index (χ2v) is 6.77. The Labute approximate surface area is 122 Å². The minimum absolute atomic E-state index is 0.679. The SMILES string of the molecule is c1ccc(C2=C3CCCCC3NC3CCCCC23)cc1. The molecule has 2 saturated carbocycles. The molecule has 0 aromatic heterocycles. The first-order valence-electron chi connectivity index (χ1n) is 8.48. The van der Waals surface area contributed by atoms with Crippen molar-refractivity contribution >= 4 is 5.57 Å². The summed E-state index contributed by atoms with van der Waals surface area (Å²) in [6.45, 7) is 0. The van der Waals surface area contributed by atoms with Crippen molar-refractivity contribution in [3.8, 4) is 0 Å². The van der Waals surface area contributed by atoms with Gasteiger partial charge >= 0.3 is 0 Å². The van der Waals surface area contributed by atoms with E-state index in [-0.39, 0.29) is 0 Å². The van der Waals surface area contributed by atoms with Gasteiger partial charge in [-0.3, -0.25) is 0 Å². The maximum Gasteiger partial charge on any atom is 0.0288 e. The zero-order valence-corrected chi connectivity index (χ0v) is 12.3. The third-order valence-electron chi connectivity index (χ3n) is 5.59. The molecule has 20 heavy (non-hydrogen) atoms. The van der Waals surface area contributed by atoms with E-state index in [9.17, 15) is 0 Å². The summed E-state index contributed by atoms with van der Waals surface area (Å²) in [6.07, 6.45) is 11.1. The van der Waals surface area contributed by atoms with Crippen LogP contribution in [-0.2, 0) is 0 Å². The van der Waals surface area contributed by atoms with Gasteiger partial charge in [0.1, 0.15) is 0 Å². The van der Waals surface area contributed by atoms with E-state index in [0.29, 0.717) is 6.04 Å². The third kappa shape index (κ3) is 2.13. The summed E-state index contributed by atoms with van der Waals surface area (Å²) in [7, 11) is 0. The molecule has 2 fully saturated rings. The minimum atomic E-state index is 0.679. The quantitative estimate of drug-likeness (QED) is 0.787. The number of nitrogens with one attached hydrogen (secondary N) is 1. The van der Waals surface area contributed by atoms with Crippen LogP contribution in [0, 0.1) is 5.92 Å². The van der Waals surface area contributed by atoms with Gasteiger partial charge in [0.2, 0.25) is 0 Å². The summed E-state index contributed by atoms with van der Waals surface area (Å²) in [5.74, 6) is 0.774. The Morgan fingerprint density at radius 3 is 2.55 bits per heavy atom. The predicted molar refractivity (Wildman–Crippen MR) is 84.5 cm³/mol. The average Bonchev–Trinajstić information content (AvgIpc) is 2.53. The molecule has 3 aliphatic rings. The monoisotopic (exact) mass is 267 g/mol. The number of benzene rings is 1. The number of fused-ring (bicyclic) bond motifs is 2. The molecule has 3 atom stereocenters. The number of hydrogen-bond acceptors (Lipinski definition) is 1. The highest BCUT2D eigenvalue weighted by molar-refractivity contribution is 5.73. The van der Waals surface area contributed by atoms with Crippen molar-refractivity contribution in [3.63, 3.8) is 0 Å². The minimum Gasteiger partial charge on any atom is -0.307 e. The molecule has 0 amide bonds. The van der Waals surface area contributed by atoms with Crippen LogP contribution in [0.4, 0.5) is 0 Å². The van der Waals surface area contributed by atoms with Gasteiger partial charge in [-0.15, -0.1) is 0 Å². The van der Waals surface area contributed by atoms with Gasteiger partial charge in [0.15, 0.2) is 0 Å². The van der Waals surface area contributed by atoms with E-state index in [2.05, 4.69) is 35.6 Å². The van der Waals surface area contributed by atoms with Crippen LogP contribution in [0.2, 0.25) is 0 Å². The van der Waals surface area contributed by atoms with Crippen LogP contribution in [0.3, 0.4) is 0 Å². The molecule has 1 heteroatoms. The summed E-state index contributed by atoms with van der Waals surface area (Å²) in [5.41, 5.74) is 5.00. The van der Waals surface area contributed by atoms with Gasteiger partial charge < -0.3 is 5.32 Å². The summed E-state index contributed by atoms with van der Waals surface area (Å²) in [6, 6.07) is 12.7. The lowest BCUT2D eigenvalue weighted by Crippen LogP contribution is -2.50. The molecule has 1 nitrogen and oxygen atoms in total. The van der Waals surface area contributed by atoms with Crippen LogP contribution in [0.25, 0.3) is 5.57 Å². The van der Waals surface area contributed by atoms with E-state index >= 15 is 0 Å². The largest absolute Gasteiger partial charge is 0.307 e. The molecule has 106 valence electrons. The van der Waals surface area contributed by atoms with Crippen molar-refractivity contribution in [2.45, 2.75) is 63.5 Å². The molecule has 0 spiro atoms. The molecular weight excluding hydrogens is 242 g/mol. The highest BCUT2D eigenvalue weighted by Crippen LogP contribution is 2.45. The van der Waals surface area contributed by atoms with Crippen molar-refractivity contribution in [1.29, 1.82) is 0 Å². The van der Waals surface area contributed by atoms with Crippen molar-refractivity contribution in [3.05, 3.63) is 41.5 Å². The Morgan fingerprint density at radius 2 is 1.65 bits per heavy atom. The highest BCUT2D eigenvalue weighted by Gasteiger charge is 2.38. The van der Waals surface area contributed by atoms with Crippen LogP contribution < -0.4 is 5.32 Å².